The first kappa shape index (κ1) is 16.8. The molecular formula is C17H16N4O3S. The second-order valence-electron chi connectivity index (χ2n) is 5.48. The molecule has 0 radical (unpaired) electrons. The van der Waals surface area contributed by atoms with Crippen LogP contribution in [0.25, 0.3) is 10.6 Å². The summed E-state index contributed by atoms with van der Waals surface area (Å²) in [5.74, 6) is -1.38. The van der Waals surface area contributed by atoms with Gasteiger partial charge >= 0.3 is 5.97 Å². The molecule has 0 bridgehead atoms. The Bertz CT molecular complexity index is 888. The molecule has 0 saturated carbocycles. The molecule has 8 heteroatoms. The lowest BCUT2D eigenvalue weighted by atomic mass is 10.0. The highest BCUT2D eigenvalue weighted by Gasteiger charge is 2.20. The Kier molecular flexibility index (Phi) is 4.90. The van der Waals surface area contributed by atoms with E-state index >= 15 is 0 Å². The largest absolute Gasteiger partial charge is 0.481 e. The van der Waals surface area contributed by atoms with E-state index in [2.05, 4.69) is 15.4 Å². The van der Waals surface area contributed by atoms with Crippen molar-refractivity contribution in [3.8, 4) is 10.6 Å². The predicted molar refractivity (Wildman–Crippen MR) is 93.2 cm³/mol. The lowest BCUT2D eigenvalue weighted by Gasteiger charge is -2.16. The second kappa shape index (κ2) is 7.27. The van der Waals surface area contributed by atoms with Gasteiger partial charge in [-0.3, -0.25) is 14.3 Å². The molecule has 128 valence electrons. The number of carbonyl (C=O) groups is 2. The van der Waals surface area contributed by atoms with Gasteiger partial charge in [0.25, 0.3) is 5.91 Å². The van der Waals surface area contributed by atoms with Gasteiger partial charge in [0, 0.05) is 24.2 Å². The van der Waals surface area contributed by atoms with E-state index < -0.39 is 17.9 Å². The zero-order valence-electron chi connectivity index (χ0n) is 13.4. The minimum atomic E-state index is -0.983. The third-order valence-electron chi connectivity index (χ3n) is 3.57. The van der Waals surface area contributed by atoms with E-state index in [1.54, 1.807) is 47.6 Å². The Hall–Kier alpha value is -3.00. The molecule has 0 aliphatic heterocycles. The first-order valence-electron chi connectivity index (χ1n) is 7.55. The number of carboxylic acid groups (broad SMARTS) is 1. The Morgan fingerprint density at radius 2 is 2.08 bits per heavy atom. The molecule has 7 nitrogen and oxygen atoms in total. The summed E-state index contributed by atoms with van der Waals surface area (Å²) in [5.41, 5.74) is 1.83. The Morgan fingerprint density at radius 3 is 2.72 bits per heavy atom. The summed E-state index contributed by atoms with van der Waals surface area (Å²) >= 11 is 1.34. The third kappa shape index (κ3) is 4.10. The van der Waals surface area contributed by atoms with Gasteiger partial charge in [0.15, 0.2) is 0 Å². The van der Waals surface area contributed by atoms with Crippen LogP contribution in [-0.4, -0.2) is 31.7 Å². The van der Waals surface area contributed by atoms with Crippen LogP contribution < -0.4 is 5.32 Å². The van der Waals surface area contributed by atoms with E-state index in [-0.39, 0.29) is 12.1 Å². The third-order valence-corrected chi connectivity index (χ3v) is 4.47. The number of hydrogen-bond donors (Lipinski definition) is 2. The number of aromatic nitrogens is 3. The minimum Gasteiger partial charge on any atom is -0.481 e. The molecule has 1 atom stereocenters. The van der Waals surface area contributed by atoms with Crippen LogP contribution in [0.2, 0.25) is 0 Å². The van der Waals surface area contributed by atoms with Crippen LogP contribution in [0, 0.1) is 0 Å². The van der Waals surface area contributed by atoms with Crippen LogP contribution in [0.3, 0.4) is 0 Å². The van der Waals surface area contributed by atoms with E-state index in [0.717, 1.165) is 11.1 Å². The highest BCUT2D eigenvalue weighted by molar-refractivity contribution is 7.13. The van der Waals surface area contributed by atoms with Crippen molar-refractivity contribution in [2.24, 2.45) is 7.05 Å². The van der Waals surface area contributed by atoms with E-state index in [4.69, 9.17) is 5.11 Å². The molecule has 1 amide bonds. The van der Waals surface area contributed by atoms with Gasteiger partial charge < -0.3 is 10.4 Å². The van der Waals surface area contributed by atoms with Gasteiger partial charge in [-0.15, -0.1) is 11.3 Å². The fourth-order valence-electron chi connectivity index (χ4n) is 2.39. The Morgan fingerprint density at radius 1 is 1.32 bits per heavy atom. The van der Waals surface area contributed by atoms with Crippen LogP contribution in [0.15, 0.2) is 48.1 Å². The number of benzene rings is 1. The molecule has 0 spiro atoms. The number of hydrogen-bond acceptors (Lipinski definition) is 5. The number of aryl methyl sites for hydroxylation is 1. The minimum absolute atomic E-state index is 0.199. The maximum Gasteiger partial charge on any atom is 0.305 e. The van der Waals surface area contributed by atoms with Gasteiger partial charge in [0.05, 0.1) is 18.7 Å². The summed E-state index contributed by atoms with van der Waals surface area (Å²) in [6.07, 6.45) is 3.30. The molecule has 2 N–H and O–H groups in total. The van der Waals surface area contributed by atoms with Gasteiger partial charge in [0.1, 0.15) is 10.7 Å². The van der Waals surface area contributed by atoms with E-state index in [1.807, 2.05) is 12.3 Å². The lowest BCUT2D eigenvalue weighted by molar-refractivity contribution is -0.137. The van der Waals surface area contributed by atoms with Crippen molar-refractivity contribution in [1.82, 2.24) is 20.1 Å². The number of nitrogens with zero attached hydrogens (tertiary/aromatic N) is 3. The molecular weight excluding hydrogens is 340 g/mol. The summed E-state index contributed by atoms with van der Waals surface area (Å²) in [5, 5.41) is 18.3. The number of amides is 1. The first-order chi connectivity index (χ1) is 12.0. The molecule has 2 aromatic heterocycles. The fraction of sp³-hybridized carbons (Fsp3) is 0.176. The lowest BCUT2D eigenvalue weighted by Crippen LogP contribution is -2.30. The van der Waals surface area contributed by atoms with Crippen molar-refractivity contribution >= 4 is 23.2 Å². The topological polar surface area (TPSA) is 97.1 Å². The molecule has 25 heavy (non-hydrogen) atoms. The van der Waals surface area contributed by atoms with E-state index in [1.165, 1.54) is 11.3 Å². The Balaban J connectivity index is 1.77. The van der Waals surface area contributed by atoms with Crippen LogP contribution in [-0.2, 0) is 11.8 Å². The SMILES string of the molecule is Cn1cc(-c2nc(C(=O)N[C@@H](CC(=O)O)c3ccccc3)cs2)cn1. The van der Waals surface area contributed by atoms with Gasteiger partial charge in [-0.05, 0) is 5.56 Å². The predicted octanol–water partition coefficient (Wildman–Crippen LogP) is 2.49. The Labute approximate surface area is 148 Å². The molecule has 3 rings (SSSR count). The number of carboxylic acids is 1. The zero-order valence-corrected chi connectivity index (χ0v) is 14.2. The van der Waals surface area contributed by atoms with Crippen molar-refractivity contribution < 1.29 is 14.7 Å². The first-order valence-corrected chi connectivity index (χ1v) is 8.43. The number of nitrogens with one attached hydrogen (secondary N) is 1. The van der Waals surface area contributed by atoms with E-state index in [9.17, 15) is 9.59 Å². The van der Waals surface area contributed by atoms with Crippen molar-refractivity contribution in [1.29, 1.82) is 0 Å². The van der Waals surface area contributed by atoms with Crippen LogP contribution >= 0.6 is 11.3 Å². The van der Waals surface area contributed by atoms with E-state index in [0.29, 0.717) is 5.01 Å². The molecule has 0 aliphatic rings. The molecule has 1 aromatic carbocycles. The summed E-state index contributed by atoms with van der Waals surface area (Å²) in [4.78, 5) is 27.9. The summed E-state index contributed by atoms with van der Waals surface area (Å²) in [6, 6.07) is 8.41. The number of aliphatic carboxylic acids is 1. The maximum atomic E-state index is 12.5. The van der Waals surface area contributed by atoms with Crippen LogP contribution in [0.5, 0.6) is 0 Å². The molecule has 3 aromatic rings. The van der Waals surface area contributed by atoms with Crippen molar-refractivity contribution in [2.45, 2.75) is 12.5 Å². The van der Waals surface area contributed by atoms with Crippen molar-refractivity contribution in [3.63, 3.8) is 0 Å². The smallest absolute Gasteiger partial charge is 0.305 e. The van der Waals surface area contributed by atoms with Gasteiger partial charge in [-0.25, -0.2) is 4.98 Å². The quantitative estimate of drug-likeness (QED) is 0.707. The average Bonchev–Trinajstić information content (AvgIpc) is 3.23. The zero-order chi connectivity index (χ0) is 17.8. The standard InChI is InChI=1S/C17H16N4O3S/c1-21-9-12(8-18-21)17-20-14(10-25-17)16(24)19-13(7-15(22)23)11-5-3-2-4-6-11/h2-6,8-10,13H,7H2,1H3,(H,19,24)(H,22,23)/t13-/m0/s1. The summed E-state index contributed by atoms with van der Waals surface area (Å²) in [7, 11) is 1.81. The van der Waals surface area contributed by atoms with Crippen molar-refractivity contribution in [3.05, 3.63) is 59.4 Å². The normalized spacial score (nSPS) is 11.9. The van der Waals surface area contributed by atoms with Gasteiger partial charge in [0.2, 0.25) is 0 Å². The molecule has 0 unspecified atom stereocenters. The molecule has 0 fully saturated rings. The van der Waals surface area contributed by atoms with Crippen molar-refractivity contribution in [2.75, 3.05) is 0 Å². The maximum absolute atomic E-state index is 12.5. The van der Waals surface area contributed by atoms with Gasteiger partial charge in [-0.2, -0.15) is 5.10 Å². The number of rotatable bonds is 6. The van der Waals surface area contributed by atoms with Crippen LogP contribution in [0.4, 0.5) is 0 Å². The summed E-state index contributed by atoms with van der Waals surface area (Å²) in [6.45, 7) is 0. The number of thiazole rings is 1. The van der Waals surface area contributed by atoms with Crippen LogP contribution in [0.1, 0.15) is 28.5 Å². The highest BCUT2D eigenvalue weighted by Crippen LogP contribution is 2.24. The molecule has 2 heterocycles. The highest BCUT2D eigenvalue weighted by atomic mass is 32.1. The fourth-order valence-corrected chi connectivity index (χ4v) is 3.16. The molecule has 0 saturated heterocycles. The number of carbonyl (C=O) groups excluding carboxylic acids is 1. The molecule has 0 aliphatic carbocycles. The summed E-state index contributed by atoms with van der Waals surface area (Å²) < 4.78 is 1.66. The monoisotopic (exact) mass is 356 g/mol. The average molecular weight is 356 g/mol. The van der Waals surface area contributed by atoms with Gasteiger partial charge in [-0.1, -0.05) is 30.3 Å². The second-order valence-corrected chi connectivity index (χ2v) is 6.33.